The third-order valence-corrected chi connectivity index (χ3v) is 4.79. The lowest BCUT2D eigenvalue weighted by atomic mass is 10.1. The third-order valence-electron chi connectivity index (χ3n) is 3.64. The van der Waals surface area contributed by atoms with Crippen LogP contribution in [0.25, 0.3) is 0 Å². The Bertz CT molecular complexity index is 501. The van der Waals surface area contributed by atoms with E-state index >= 15 is 0 Å². The highest BCUT2D eigenvalue weighted by molar-refractivity contribution is 8.14. The summed E-state index contributed by atoms with van der Waals surface area (Å²) in [7, 11) is 1.41. The Morgan fingerprint density at radius 1 is 1.55 bits per heavy atom. The Kier molecular flexibility index (Phi) is 3.85. The maximum atomic E-state index is 11.4. The summed E-state index contributed by atoms with van der Waals surface area (Å²) >= 11 is 1.79. The van der Waals surface area contributed by atoms with Crippen LogP contribution >= 0.6 is 11.8 Å². The van der Waals surface area contributed by atoms with E-state index in [0.29, 0.717) is 18.2 Å². The van der Waals surface area contributed by atoms with Gasteiger partial charge in [0.2, 0.25) is 0 Å². The van der Waals surface area contributed by atoms with Crippen LogP contribution in [0.1, 0.15) is 13.3 Å². The molecule has 3 rings (SSSR count). The molecule has 1 aliphatic carbocycles. The van der Waals surface area contributed by atoms with Crippen LogP contribution in [0.5, 0.6) is 0 Å². The highest BCUT2D eigenvalue weighted by Gasteiger charge is 2.33. The van der Waals surface area contributed by atoms with Gasteiger partial charge in [-0.2, -0.15) is 0 Å². The van der Waals surface area contributed by atoms with Gasteiger partial charge in [-0.15, -0.1) is 11.8 Å². The minimum atomic E-state index is -0.256. The van der Waals surface area contributed by atoms with Gasteiger partial charge in [-0.3, -0.25) is 9.79 Å². The Morgan fingerprint density at radius 3 is 3.20 bits per heavy atom. The number of carbonyl (C=O) groups is 1. The first-order valence-corrected chi connectivity index (χ1v) is 7.62. The summed E-state index contributed by atoms with van der Waals surface area (Å²) < 4.78 is 10.7. The predicted molar refractivity (Wildman–Crippen MR) is 78.8 cm³/mol. The van der Waals surface area contributed by atoms with Crippen molar-refractivity contribution in [2.24, 2.45) is 4.99 Å². The summed E-state index contributed by atoms with van der Waals surface area (Å²) in [6.45, 7) is 2.70. The van der Waals surface area contributed by atoms with Crippen LogP contribution in [-0.2, 0) is 14.3 Å². The first-order chi connectivity index (χ1) is 9.65. The van der Waals surface area contributed by atoms with Crippen LogP contribution in [-0.4, -0.2) is 48.1 Å². The van der Waals surface area contributed by atoms with E-state index < -0.39 is 0 Å². The zero-order chi connectivity index (χ0) is 14.1. The van der Waals surface area contributed by atoms with Gasteiger partial charge in [-0.1, -0.05) is 6.08 Å². The number of hydrogen-bond acceptors (Lipinski definition) is 6. The number of aliphatic imine (C=N–C) groups is 1. The van der Waals surface area contributed by atoms with Gasteiger partial charge in [0.15, 0.2) is 0 Å². The number of nitrogens with zero attached hydrogens (tertiary/aromatic N) is 1. The average Bonchev–Trinajstić information content (AvgIpc) is 3.03. The molecular formula is C14H18N2O3S. The molecule has 0 aromatic heterocycles. The minimum Gasteiger partial charge on any atom is -0.489 e. The maximum absolute atomic E-state index is 11.4. The van der Waals surface area contributed by atoms with E-state index in [1.807, 2.05) is 13.0 Å². The average molecular weight is 294 g/mol. The van der Waals surface area contributed by atoms with Gasteiger partial charge in [0.05, 0.1) is 23.4 Å². The molecule has 1 saturated heterocycles. The second-order valence-corrected chi connectivity index (χ2v) is 6.48. The lowest BCUT2D eigenvalue weighted by Gasteiger charge is -2.20. The predicted octanol–water partition coefficient (Wildman–Crippen LogP) is 1.26. The fraction of sp³-hybridized carbons (Fsp3) is 0.571. The molecule has 0 aromatic rings. The standard InChI is InChI=1S/C14H18N2O3S/c1-8-16-11-5-9(3-4-13(11)20-8)19-10-6-12(15-7-10)14(17)18-2/h3-5,10-13,15H,6-7H2,1-2H3/t10-,11+,12+,13-/m1/s1. The van der Waals surface area contributed by atoms with E-state index in [2.05, 4.69) is 22.5 Å². The second-order valence-electron chi connectivity index (χ2n) is 5.11. The molecule has 0 saturated carbocycles. The molecule has 6 heteroatoms. The highest BCUT2D eigenvalue weighted by Crippen LogP contribution is 2.33. The number of allylic oxidation sites excluding steroid dienone is 1. The summed E-state index contributed by atoms with van der Waals surface area (Å²) in [6, 6.07) is -0.0704. The van der Waals surface area contributed by atoms with Crippen LogP contribution in [0.15, 0.2) is 29.0 Å². The first kappa shape index (κ1) is 13.7. The van der Waals surface area contributed by atoms with Gasteiger partial charge >= 0.3 is 5.97 Å². The van der Waals surface area contributed by atoms with Crippen molar-refractivity contribution in [1.82, 2.24) is 5.32 Å². The van der Waals surface area contributed by atoms with Crippen molar-refractivity contribution in [1.29, 1.82) is 0 Å². The van der Waals surface area contributed by atoms with Crippen LogP contribution in [0.4, 0.5) is 0 Å². The quantitative estimate of drug-likeness (QED) is 0.794. The third kappa shape index (κ3) is 2.76. The van der Waals surface area contributed by atoms with Crippen LogP contribution in [0.2, 0.25) is 0 Å². The normalized spacial score (nSPS) is 35.3. The van der Waals surface area contributed by atoms with Gasteiger partial charge in [0.25, 0.3) is 0 Å². The number of ether oxygens (including phenoxy) is 2. The monoisotopic (exact) mass is 294 g/mol. The van der Waals surface area contributed by atoms with E-state index in [-0.39, 0.29) is 24.2 Å². The molecule has 2 heterocycles. The largest absolute Gasteiger partial charge is 0.489 e. The number of esters is 1. The van der Waals surface area contributed by atoms with E-state index in [4.69, 9.17) is 9.47 Å². The summed E-state index contributed by atoms with van der Waals surface area (Å²) in [6.07, 6.45) is 6.87. The van der Waals surface area contributed by atoms with Crippen molar-refractivity contribution in [2.45, 2.75) is 36.8 Å². The Labute approximate surface area is 122 Å². The Morgan fingerprint density at radius 2 is 2.40 bits per heavy atom. The molecular weight excluding hydrogens is 276 g/mol. The van der Waals surface area contributed by atoms with E-state index in [1.54, 1.807) is 11.8 Å². The van der Waals surface area contributed by atoms with Crippen molar-refractivity contribution in [3.8, 4) is 0 Å². The topological polar surface area (TPSA) is 59.9 Å². The van der Waals surface area contributed by atoms with Gasteiger partial charge in [-0.05, 0) is 19.1 Å². The Hall–Kier alpha value is -1.27. The summed E-state index contributed by atoms with van der Waals surface area (Å²) in [4.78, 5) is 16.0. The smallest absolute Gasteiger partial charge is 0.323 e. The Balaban J connectivity index is 1.58. The summed E-state index contributed by atoms with van der Waals surface area (Å²) in [5.41, 5.74) is 0. The zero-order valence-corrected chi connectivity index (χ0v) is 12.4. The molecule has 0 unspecified atom stereocenters. The van der Waals surface area contributed by atoms with Crippen molar-refractivity contribution >= 4 is 22.8 Å². The number of methoxy groups -OCH3 is 1. The van der Waals surface area contributed by atoms with E-state index in [9.17, 15) is 4.79 Å². The SMILES string of the molecule is COC(=O)[C@@H]1C[C@@H](OC2=C[C@@H]3N=C(C)S[C@@H]3C=C2)CN1. The molecule has 0 aromatic carbocycles. The molecule has 1 N–H and O–H groups in total. The summed E-state index contributed by atoms with van der Waals surface area (Å²) in [5, 5.41) is 4.65. The van der Waals surface area contributed by atoms with Crippen molar-refractivity contribution < 1.29 is 14.3 Å². The molecule has 0 radical (unpaired) electrons. The lowest BCUT2D eigenvalue weighted by molar-refractivity contribution is -0.142. The number of hydrogen-bond donors (Lipinski definition) is 1. The number of fused-ring (bicyclic) bond motifs is 1. The maximum Gasteiger partial charge on any atom is 0.323 e. The fourth-order valence-corrected chi connectivity index (χ4v) is 3.68. The van der Waals surface area contributed by atoms with E-state index in [1.165, 1.54) is 7.11 Å². The van der Waals surface area contributed by atoms with Gasteiger partial charge in [-0.25, -0.2) is 0 Å². The zero-order valence-electron chi connectivity index (χ0n) is 11.5. The number of rotatable bonds is 3. The first-order valence-electron chi connectivity index (χ1n) is 6.74. The fourth-order valence-electron chi connectivity index (χ4n) is 2.67. The molecule has 2 aliphatic heterocycles. The van der Waals surface area contributed by atoms with Gasteiger partial charge < -0.3 is 14.8 Å². The minimum absolute atomic E-state index is 0.00526. The number of carbonyl (C=O) groups excluding carboxylic acids is 1. The van der Waals surface area contributed by atoms with E-state index in [0.717, 1.165) is 10.8 Å². The molecule has 5 nitrogen and oxygen atoms in total. The highest BCUT2D eigenvalue weighted by atomic mass is 32.2. The van der Waals surface area contributed by atoms with Crippen molar-refractivity contribution in [3.63, 3.8) is 0 Å². The van der Waals surface area contributed by atoms with Crippen molar-refractivity contribution in [3.05, 3.63) is 24.0 Å². The molecule has 108 valence electrons. The molecule has 0 bridgehead atoms. The van der Waals surface area contributed by atoms with Crippen LogP contribution in [0, 0.1) is 0 Å². The molecule has 20 heavy (non-hydrogen) atoms. The number of thioether (sulfide) groups is 1. The molecule has 0 spiro atoms. The van der Waals surface area contributed by atoms with Crippen LogP contribution in [0.3, 0.4) is 0 Å². The molecule has 3 aliphatic rings. The molecule has 0 amide bonds. The lowest BCUT2D eigenvalue weighted by Crippen LogP contribution is -2.31. The van der Waals surface area contributed by atoms with Crippen molar-refractivity contribution in [2.75, 3.05) is 13.7 Å². The van der Waals surface area contributed by atoms with Crippen LogP contribution < -0.4 is 5.32 Å². The van der Waals surface area contributed by atoms with Gasteiger partial charge in [0, 0.05) is 13.0 Å². The number of nitrogens with one attached hydrogen (secondary N) is 1. The summed E-state index contributed by atoms with van der Waals surface area (Å²) in [5.74, 6) is 0.624. The van der Waals surface area contributed by atoms with Gasteiger partial charge in [0.1, 0.15) is 17.9 Å². The second kappa shape index (κ2) is 5.61. The molecule has 4 atom stereocenters. The molecule has 1 fully saturated rings.